The highest BCUT2D eigenvalue weighted by Gasteiger charge is 1.69. The molecule has 0 fully saturated rings. The predicted molar refractivity (Wildman–Crippen MR) is 42.8 cm³/mol. The Hall–Kier alpha value is -0.420. The maximum absolute atomic E-state index is 9.47. The van der Waals surface area contributed by atoms with Crippen LogP contribution in [0.4, 0.5) is 4.79 Å². The summed E-state index contributed by atoms with van der Waals surface area (Å²) in [5.74, 6) is -0.481. The maximum Gasteiger partial charge on any atom is 0.240 e. The molecule has 0 aliphatic heterocycles. The summed E-state index contributed by atoms with van der Waals surface area (Å²) in [5.41, 5.74) is 4.53. The first-order chi connectivity index (χ1) is 4.00. The monoisotopic (exact) mass is 165 g/mol. The van der Waals surface area contributed by atoms with Gasteiger partial charge in [0.25, 0.3) is 0 Å². The standard InChI is InChI=1S/C3H5NO.CH2OS2/c1-2-3(4)5;2-1(3)4/h2H,1H2,(H2,4,5);(H2,2,3,4). The first kappa shape index (κ1) is 11.4. The minimum Gasteiger partial charge on any atom is -0.366 e. The van der Waals surface area contributed by atoms with Gasteiger partial charge in [0, 0.05) is 0 Å². The van der Waals surface area contributed by atoms with E-state index in [2.05, 4.69) is 37.6 Å². The fraction of sp³-hybridized carbons (Fsp3) is 0. The molecule has 5 heteroatoms. The summed E-state index contributed by atoms with van der Waals surface area (Å²) in [6.45, 7) is 3.09. The van der Waals surface area contributed by atoms with Crippen molar-refractivity contribution in [2.75, 3.05) is 0 Å². The van der Waals surface area contributed by atoms with Crippen molar-refractivity contribution in [3.8, 4) is 0 Å². The molecule has 2 N–H and O–H groups in total. The third-order valence-corrected chi connectivity index (χ3v) is 0.201. The van der Waals surface area contributed by atoms with Gasteiger partial charge in [-0.2, -0.15) is 0 Å². The van der Waals surface area contributed by atoms with E-state index in [0.29, 0.717) is 0 Å². The minimum absolute atomic E-state index is 0.444. The summed E-state index contributed by atoms with van der Waals surface area (Å²) < 4.78 is -0.444. The molecule has 0 aromatic carbocycles. The Bertz CT molecular complexity index is 120. The molecule has 0 radical (unpaired) electrons. The number of carbonyl (C=O) groups excluding carboxylic acids is 2. The number of primary amides is 1. The molecule has 0 bridgehead atoms. The van der Waals surface area contributed by atoms with E-state index in [1.165, 1.54) is 0 Å². The highest BCUT2D eigenvalue weighted by atomic mass is 32.2. The van der Waals surface area contributed by atoms with E-state index in [1.807, 2.05) is 0 Å². The number of amides is 1. The van der Waals surface area contributed by atoms with E-state index in [0.717, 1.165) is 6.08 Å². The topological polar surface area (TPSA) is 60.2 Å². The van der Waals surface area contributed by atoms with Gasteiger partial charge >= 0.3 is 0 Å². The lowest BCUT2D eigenvalue weighted by molar-refractivity contribution is -0.113. The van der Waals surface area contributed by atoms with Crippen molar-refractivity contribution in [1.29, 1.82) is 0 Å². The van der Waals surface area contributed by atoms with Crippen LogP contribution >= 0.6 is 25.3 Å². The van der Waals surface area contributed by atoms with Gasteiger partial charge in [-0.05, 0) is 6.08 Å². The molecule has 0 aliphatic rings. The zero-order valence-electron chi connectivity index (χ0n) is 4.57. The van der Waals surface area contributed by atoms with E-state index in [4.69, 9.17) is 0 Å². The van der Waals surface area contributed by atoms with E-state index in [9.17, 15) is 9.59 Å². The van der Waals surface area contributed by atoms with Gasteiger partial charge in [0.2, 0.25) is 10.4 Å². The fourth-order valence-electron chi connectivity index (χ4n) is 0. The average molecular weight is 165 g/mol. The minimum atomic E-state index is -0.481. The van der Waals surface area contributed by atoms with Crippen molar-refractivity contribution in [3.63, 3.8) is 0 Å². The van der Waals surface area contributed by atoms with Crippen molar-refractivity contribution >= 4 is 35.6 Å². The molecule has 0 saturated carbocycles. The molecule has 52 valence electrons. The number of carbonyl (C=O) groups is 2. The van der Waals surface area contributed by atoms with Crippen LogP contribution in [0.2, 0.25) is 0 Å². The second-order valence-electron chi connectivity index (χ2n) is 0.889. The Kier molecular flexibility index (Phi) is 9.59. The molecule has 0 heterocycles. The van der Waals surface area contributed by atoms with Crippen LogP contribution in [-0.4, -0.2) is 10.4 Å². The molecule has 0 aliphatic carbocycles. The van der Waals surface area contributed by atoms with Crippen molar-refractivity contribution in [3.05, 3.63) is 12.7 Å². The quantitative estimate of drug-likeness (QED) is 0.394. The Balaban J connectivity index is 0. The Morgan fingerprint density at radius 2 is 1.56 bits per heavy atom. The van der Waals surface area contributed by atoms with Crippen LogP contribution in [0.3, 0.4) is 0 Å². The van der Waals surface area contributed by atoms with E-state index >= 15 is 0 Å². The molecule has 0 aromatic rings. The van der Waals surface area contributed by atoms with E-state index < -0.39 is 10.4 Å². The smallest absolute Gasteiger partial charge is 0.240 e. The van der Waals surface area contributed by atoms with Gasteiger partial charge in [-0.25, -0.2) is 0 Å². The third kappa shape index (κ3) is 94.5. The molecule has 0 aromatic heterocycles. The van der Waals surface area contributed by atoms with Crippen LogP contribution in [0.1, 0.15) is 0 Å². The molecule has 0 unspecified atom stereocenters. The van der Waals surface area contributed by atoms with Gasteiger partial charge in [0.15, 0.2) is 0 Å². The highest BCUT2D eigenvalue weighted by molar-refractivity contribution is 8.23. The van der Waals surface area contributed by atoms with Gasteiger partial charge in [-0.3, -0.25) is 9.59 Å². The van der Waals surface area contributed by atoms with Gasteiger partial charge in [0.1, 0.15) is 0 Å². The summed E-state index contributed by atoms with van der Waals surface area (Å²) in [4.78, 5) is 18.6. The van der Waals surface area contributed by atoms with Gasteiger partial charge in [0.05, 0.1) is 0 Å². The third-order valence-electron chi connectivity index (χ3n) is 0.201. The van der Waals surface area contributed by atoms with Crippen LogP contribution in [0, 0.1) is 0 Å². The summed E-state index contributed by atoms with van der Waals surface area (Å²) in [6.07, 6.45) is 1.06. The Morgan fingerprint density at radius 1 is 1.44 bits per heavy atom. The molecule has 0 spiro atoms. The zero-order chi connectivity index (χ0) is 7.86. The first-order valence-corrected chi connectivity index (χ1v) is 2.74. The molecule has 0 atom stereocenters. The van der Waals surface area contributed by atoms with E-state index in [1.54, 1.807) is 0 Å². The Labute approximate surface area is 64.1 Å². The van der Waals surface area contributed by atoms with Crippen LogP contribution < -0.4 is 5.73 Å². The lowest BCUT2D eigenvalue weighted by Gasteiger charge is -1.65. The fourth-order valence-corrected chi connectivity index (χ4v) is 0. The predicted octanol–water partition coefficient (Wildman–Crippen LogP) is 0.624. The van der Waals surface area contributed by atoms with Crippen LogP contribution in [0.25, 0.3) is 0 Å². The van der Waals surface area contributed by atoms with Gasteiger partial charge in [-0.15, -0.1) is 0 Å². The number of thiol groups is 2. The lowest BCUT2D eigenvalue weighted by Crippen LogP contribution is -2.04. The number of rotatable bonds is 1. The molecule has 3 nitrogen and oxygen atoms in total. The zero-order valence-corrected chi connectivity index (χ0v) is 6.36. The summed E-state index contributed by atoms with van der Waals surface area (Å²) in [6, 6.07) is 0. The number of hydrogen-bond donors (Lipinski definition) is 3. The van der Waals surface area contributed by atoms with Crippen LogP contribution in [0.5, 0.6) is 0 Å². The molecule has 0 rings (SSSR count). The molecular formula is C4H7NO2S2. The highest BCUT2D eigenvalue weighted by Crippen LogP contribution is 1.81. The summed E-state index contributed by atoms with van der Waals surface area (Å²) in [7, 11) is 0. The Morgan fingerprint density at radius 3 is 1.56 bits per heavy atom. The van der Waals surface area contributed by atoms with Crippen molar-refractivity contribution in [2.24, 2.45) is 5.73 Å². The SMILES string of the molecule is C=CC(N)=O.O=C(S)S. The van der Waals surface area contributed by atoms with Gasteiger partial charge in [-0.1, -0.05) is 31.8 Å². The molecule has 1 amide bonds. The van der Waals surface area contributed by atoms with Crippen LogP contribution in [-0.2, 0) is 4.79 Å². The van der Waals surface area contributed by atoms with E-state index in [-0.39, 0.29) is 0 Å². The molecule has 9 heavy (non-hydrogen) atoms. The summed E-state index contributed by atoms with van der Waals surface area (Å²) in [5, 5.41) is 0. The second-order valence-corrected chi connectivity index (χ2v) is 2.05. The van der Waals surface area contributed by atoms with Crippen molar-refractivity contribution in [2.45, 2.75) is 0 Å². The number of hydrogen-bond acceptors (Lipinski definition) is 2. The first-order valence-electron chi connectivity index (χ1n) is 1.84. The van der Waals surface area contributed by atoms with Crippen molar-refractivity contribution < 1.29 is 9.59 Å². The summed E-state index contributed by atoms with van der Waals surface area (Å²) >= 11 is 6.38. The normalized spacial score (nSPS) is 6.44. The largest absolute Gasteiger partial charge is 0.366 e. The number of nitrogens with two attached hydrogens (primary N) is 1. The average Bonchev–Trinajstić information content (AvgIpc) is 1.65. The van der Waals surface area contributed by atoms with Crippen LogP contribution in [0.15, 0.2) is 12.7 Å². The lowest BCUT2D eigenvalue weighted by atomic mass is 10.6. The molecule has 0 saturated heterocycles. The van der Waals surface area contributed by atoms with Gasteiger partial charge < -0.3 is 5.73 Å². The molecular weight excluding hydrogens is 158 g/mol. The second kappa shape index (κ2) is 7.58. The maximum atomic E-state index is 9.47. The van der Waals surface area contributed by atoms with Crippen molar-refractivity contribution in [1.82, 2.24) is 0 Å².